The van der Waals surface area contributed by atoms with Gasteiger partial charge in [-0.3, -0.25) is 9.59 Å². The second-order valence-corrected chi connectivity index (χ2v) is 5.78. The molecule has 1 amide bonds. The van der Waals surface area contributed by atoms with Gasteiger partial charge in [-0.2, -0.15) is 0 Å². The quantitative estimate of drug-likeness (QED) is 0.460. The van der Waals surface area contributed by atoms with Gasteiger partial charge in [-0.25, -0.2) is 4.79 Å². The van der Waals surface area contributed by atoms with Gasteiger partial charge in [0.05, 0.1) is 7.11 Å². The molecule has 27 heavy (non-hydrogen) atoms. The fourth-order valence-corrected chi connectivity index (χ4v) is 2.29. The van der Waals surface area contributed by atoms with Crippen LogP contribution in [0.3, 0.4) is 0 Å². The van der Waals surface area contributed by atoms with E-state index in [2.05, 4.69) is 5.32 Å². The smallest absolute Gasteiger partial charge is 0.331 e. The minimum absolute atomic E-state index is 0.105. The van der Waals surface area contributed by atoms with Crippen LogP contribution in [-0.4, -0.2) is 30.9 Å². The molecule has 1 atom stereocenters. The summed E-state index contributed by atoms with van der Waals surface area (Å²) in [5.41, 5.74) is 1.66. The van der Waals surface area contributed by atoms with Gasteiger partial charge in [0.25, 0.3) is 5.91 Å². The molecule has 0 aromatic heterocycles. The van der Waals surface area contributed by atoms with E-state index in [1.54, 1.807) is 49.6 Å². The lowest BCUT2D eigenvalue weighted by atomic mass is 10.1. The molecule has 0 heterocycles. The Balaban J connectivity index is 1.95. The highest BCUT2D eigenvalue weighted by atomic mass is 16.5. The summed E-state index contributed by atoms with van der Waals surface area (Å²) in [6, 6.07) is 13.7. The number of amides is 1. The number of ether oxygens (including phenoxy) is 2. The lowest BCUT2D eigenvalue weighted by molar-refractivity contribution is -0.148. The molecule has 0 fully saturated rings. The average molecular weight is 367 g/mol. The molecule has 0 aliphatic carbocycles. The molecule has 2 aromatic carbocycles. The number of carbonyl (C=O) groups excluding carboxylic acids is 3. The number of hydrogen-bond donors (Lipinski definition) is 1. The minimum Gasteiger partial charge on any atom is -0.496 e. The zero-order valence-corrected chi connectivity index (χ0v) is 15.4. The van der Waals surface area contributed by atoms with Gasteiger partial charge in [0.15, 0.2) is 11.9 Å². The van der Waals surface area contributed by atoms with Gasteiger partial charge in [-0.1, -0.05) is 30.3 Å². The van der Waals surface area contributed by atoms with Crippen molar-refractivity contribution in [2.24, 2.45) is 0 Å². The minimum atomic E-state index is -0.999. The maximum atomic E-state index is 12.2. The maximum absolute atomic E-state index is 12.2. The summed E-state index contributed by atoms with van der Waals surface area (Å²) in [4.78, 5) is 35.5. The van der Waals surface area contributed by atoms with E-state index in [-0.39, 0.29) is 5.78 Å². The van der Waals surface area contributed by atoms with Crippen LogP contribution in [0.4, 0.5) is 5.69 Å². The average Bonchev–Trinajstić information content (AvgIpc) is 2.66. The molecule has 6 heteroatoms. The third kappa shape index (κ3) is 5.81. The van der Waals surface area contributed by atoms with Crippen molar-refractivity contribution in [3.63, 3.8) is 0 Å². The van der Waals surface area contributed by atoms with Gasteiger partial charge in [-0.15, -0.1) is 0 Å². The van der Waals surface area contributed by atoms with E-state index >= 15 is 0 Å². The molecule has 0 radical (unpaired) electrons. The number of anilines is 1. The number of benzene rings is 2. The molecule has 0 aliphatic heterocycles. The second-order valence-electron chi connectivity index (χ2n) is 5.78. The lowest BCUT2D eigenvalue weighted by Gasteiger charge is -2.13. The SMILES string of the molecule is COc1ccccc1/C=C/C(=O)O[C@@H](C)C(=O)Nc1cccc(C(C)=O)c1. The van der Waals surface area contributed by atoms with E-state index in [9.17, 15) is 14.4 Å². The molecule has 1 N–H and O–H groups in total. The number of methoxy groups -OCH3 is 1. The van der Waals surface area contributed by atoms with Crippen molar-refractivity contribution in [1.82, 2.24) is 0 Å². The van der Waals surface area contributed by atoms with Crippen LogP contribution >= 0.6 is 0 Å². The Hall–Kier alpha value is -3.41. The fourth-order valence-electron chi connectivity index (χ4n) is 2.29. The zero-order chi connectivity index (χ0) is 19.8. The molecule has 2 aromatic rings. The summed E-state index contributed by atoms with van der Waals surface area (Å²) >= 11 is 0. The number of Topliss-reactive ketones (excluding diaryl/α,β-unsaturated/α-hetero) is 1. The van der Waals surface area contributed by atoms with E-state index in [0.29, 0.717) is 17.0 Å². The summed E-state index contributed by atoms with van der Waals surface area (Å²) in [7, 11) is 1.54. The van der Waals surface area contributed by atoms with Crippen LogP contribution in [0.5, 0.6) is 5.75 Å². The first-order chi connectivity index (χ1) is 12.9. The monoisotopic (exact) mass is 367 g/mol. The molecular formula is C21H21NO5. The maximum Gasteiger partial charge on any atom is 0.331 e. The normalized spacial score (nSPS) is 11.7. The third-order valence-corrected chi connectivity index (χ3v) is 3.74. The van der Waals surface area contributed by atoms with Crippen molar-refractivity contribution in [2.75, 3.05) is 12.4 Å². The van der Waals surface area contributed by atoms with Crippen LogP contribution in [0.2, 0.25) is 0 Å². The Bertz CT molecular complexity index is 872. The van der Waals surface area contributed by atoms with Crippen molar-refractivity contribution < 1.29 is 23.9 Å². The van der Waals surface area contributed by atoms with Gasteiger partial charge >= 0.3 is 5.97 Å². The molecule has 0 spiro atoms. The van der Waals surface area contributed by atoms with E-state index in [1.807, 2.05) is 12.1 Å². The number of nitrogens with one attached hydrogen (secondary N) is 1. The Labute approximate surface area is 157 Å². The molecule has 0 aliphatic rings. The van der Waals surface area contributed by atoms with Crippen molar-refractivity contribution in [2.45, 2.75) is 20.0 Å². The number of para-hydroxylation sites is 1. The number of carbonyl (C=O) groups is 3. The van der Waals surface area contributed by atoms with Crippen molar-refractivity contribution in [3.05, 3.63) is 65.7 Å². The molecule has 140 valence electrons. The molecule has 0 saturated carbocycles. The van der Waals surface area contributed by atoms with Crippen LogP contribution in [0.1, 0.15) is 29.8 Å². The van der Waals surface area contributed by atoms with E-state index in [1.165, 1.54) is 19.9 Å². The molecule has 6 nitrogen and oxygen atoms in total. The van der Waals surface area contributed by atoms with Gasteiger partial charge in [-0.05, 0) is 38.1 Å². The lowest BCUT2D eigenvalue weighted by Crippen LogP contribution is -2.29. The van der Waals surface area contributed by atoms with Crippen molar-refractivity contribution in [1.29, 1.82) is 0 Å². The summed E-state index contributed by atoms with van der Waals surface area (Å²) < 4.78 is 10.3. The topological polar surface area (TPSA) is 81.7 Å². The van der Waals surface area contributed by atoms with Crippen LogP contribution in [0.15, 0.2) is 54.6 Å². The number of esters is 1. The Morgan fingerprint density at radius 3 is 2.52 bits per heavy atom. The Kier molecular flexibility index (Phi) is 6.88. The summed E-state index contributed by atoms with van der Waals surface area (Å²) in [6.07, 6.45) is 1.79. The molecular weight excluding hydrogens is 346 g/mol. The molecule has 0 unspecified atom stereocenters. The summed E-state index contributed by atoms with van der Waals surface area (Å²) in [5, 5.41) is 2.62. The standard InChI is InChI=1S/C21H21NO5/c1-14(23)17-8-6-9-18(13-17)22-21(25)15(2)27-20(24)12-11-16-7-4-5-10-19(16)26-3/h4-13,15H,1-3H3,(H,22,25)/b12-11+/t15-/m0/s1. The van der Waals surface area contributed by atoms with Crippen molar-refractivity contribution >= 4 is 29.4 Å². The van der Waals surface area contributed by atoms with Crippen molar-refractivity contribution in [3.8, 4) is 5.75 Å². The predicted molar refractivity (Wildman–Crippen MR) is 103 cm³/mol. The fraction of sp³-hybridized carbons (Fsp3) is 0.190. The van der Waals surface area contributed by atoms with Crippen LogP contribution in [0.25, 0.3) is 6.08 Å². The molecule has 0 bridgehead atoms. The third-order valence-electron chi connectivity index (χ3n) is 3.74. The molecule has 2 rings (SSSR count). The summed E-state index contributed by atoms with van der Waals surface area (Å²) in [5.74, 6) is -0.625. The Morgan fingerprint density at radius 2 is 1.81 bits per heavy atom. The highest BCUT2D eigenvalue weighted by molar-refractivity contribution is 5.99. The van der Waals surface area contributed by atoms with E-state index in [0.717, 1.165) is 5.56 Å². The zero-order valence-electron chi connectivity index (χ0n) is 15.4. The van der Waals surface area contributed by atoms with E-state index in [4.69, 9.17) is 9.47 Å². The Morgan fingerprint density at radius 1 is 1.07 bits per heavy atom. The predicted octanol–water partition coefficient (Wildman–Crippen LogP) is 3.48. The highest BCUT2D eigenvalue weighted by Gasteiger charge is 2.17. The van der Waals surface area contributed by atoms with E-state index < -0.39 is 18.0 Å². The second kappa shape index (κ2) is 9.33. The number of rotatable bonds is 7. The number of ketones is 1. The molecule has 0 saturated heterocycles. The van der Waals surface area contributed by atoms with Crippen LogP contribution < -0.4 is 10.1 Å². The first-order valence-corrected chi connectivity index (χ1v) is 8.34. The van der Waals surface area contributed by atoms with Crippen LogP contribution in [-0.2, 0) is 14.3 Å². The first kappa shape index (κ1) is 19.9. The highest BCUT2D eigenvalue weighted by Crippen LogP contribution is 2.18. The number of hydrogen-bond acceptors (Lipinski definition) is 5. The van der Waals surface area contributed by atoms with Gasteiger partial charge in [0.1, 0.15) is 5.75 Å². The summed E-state index contributed by atoms with van der Waals surface area (Å²) in [6.45, 7) is 2.92. The van der Waals surface area contributed by atoms with Gasteiger partial charge < -0.3 is 14.8 Å². The van der Waals surface area contributed by atoms with Gasteiger partial charge in [0, 0.05) is 22.9 Å². The van der Waals surface area contributed by atoms with Gasteiger partial charge in [0.2, 0.25) is 0 Å². The first-order valence-electron chi connectivity index (χ1n) is 8.34. The van der Waals surface area contributed by atoms with Crippen LogP contribution in [0, 0.1) is 0 Å². The largest absolute Gasteiger partial charge is 0.496 e.